The number of β-amino-alcohol motifs (C(OH)–C–C–N with tert-alkyl or cyclic N) is 1. The molecule has 2 atom stereocenters. The van der Waals surface area contributed by atoms with Gasteiger partial charge in [0, 0.05) is 25.9 Å². The number of aromatic nitrogens is 2. The highest BCUT2D eigenvalue weighted by Gasteiger charge is 2.26. The largest absolute Gasteiger partial charge is 0.425 e. The van der Waals surface area contributed by atoms with Gasteiger partial charge in [-0.3, -0.25) is 0 Å². The first-order valence-electron chi connectivity index (χ1n) is 7.87. The standard InChI is InChI=1S/C15H27N3O2/c1-3-4-14-16-17-15(20-14)6-5-12(2)13-7-8-18(11-13)9-10-19/h12-13,19H,3-11H2,1-2H3. The first-order chi connectivity index (χ1) is 9.72. The van der Waals surface area contributed by atoms with E-state index in [4.69, 9.17) is 9.52 Å². The molecule has 2 rings (SSSR count). The van der Waals surface area contributed by atoms with Crippen molar-refractivity contribution in [1.29, 1.82) is 0 Å². The van der Waals surface area contributed by atoms with Crippen molar-refractivity contribution in [3.63, 3.8) is 0 Å². The quantitative estimate of drug-likeness (QED) is 0.788. The topological polar surface area (TPSA) is 62.4 Å². The summed E-state index contributed by atoms with van der Waals surface area (Å²) in [5.41, 5.74) is 0. The number of aliphatic hydroxyl groups excluding tert-OH is 1. The predicted molar refractivity (Wildman–Crippen MR) is 77.4 cm³/mol. The lowest BCUT2D eigenvalue weighted by Crippen LogP contribution is -2.25. The third-order valence-corrected chi connectivity index (χ3v) is 4.32. The van der Waals surface area contributed by atoms with Crippen LogP contribution < -0.4 is 0 Å². The van der Waals surface area contributed by atoms with E-state index in [9.17, 15) is 0 Å². The van der Waals surface area contributed by atoms with E-state index in [1.54, 1.807) is 0 Å². The van der Waals surface area contributed by atoms with Gasteiger partial charge in [-0.1, -0.05) is 13.8 Å². The van der Waals surface area contributed by atoms with Gasteiger partial charge >= 0.3 is 0 Å². The number of hydrogen-bond acceptors (Lipinski definition) is 5. The minimum atomic E-state index is 0.267. The van der Waals surface area contributed by atoms with Crippen LogP contribution in [0.1, 0.15) is 44.9 Å². The van der Waals surface area contributed by atoms with E-state index in [1.165, 1.54) is 6.42 Å². The lowest BCUT2D eigenvalue weighted by molar-refractivity contribution is 0.210. The smallest absolute Gasteiger partial charge is 0.216 e. The average molecular weight is 281 g/mol. The molecule has 1 saturated heterocycles. The van der Waals surface area contributed by atoms with Crippen molar-refractivity contribution < 1.29 is 9.52 Å². The second kappa shape index (κ2) is 7.74. The fourth-order valence-corrected chi connectivity index (χ4v) is 2.96. The van der Waals surface area contributed by atoms with E-state index in [0.717, 1.165) is 63.0 Å². The molecule has 0 radical (unpaired) electrons. The van der Waals surface area contributed by atoms with Gasteiger partial charge < -0.3 is 14.4 Å². The van der Waals surface area contributed by atoms with Crippen LogP contribution in [0.3, 0.4) is 0 Å². The molecule has 1 aromatic heterocycles. The maximum Gasteiger partial charge on any atom is 0.216 e. The Labute approximate surface area is 121 Å². The summed E-state index contributed by atoms with van der Waals surface area (Å²) < 4.78 is 5.63. The third-order valence-electron chi connectivity index (χ3n) is 4.32. The second-order valence-electron chi connectivity index (χ2n) is 5.93. The molecule has 0 amide bonds. The monoisotopic (exact) mass is 281 g/mol. The zero-order chi connectivity index (χ0) is 14.4. The number of aliphatic hydroxyl groups is 1. The summed E-state index contributed by atoms with van der Waals surface area (Å²) in [6, 6.07) is 0. The van der Waals surface area contributed by atoms with Gasteiger partial charge in [-0.05, 0) is 37.6 Å². The normalized spacial score (nSPS) is 21.4. The summed E-state index contributed by atoms with van der Waals surface area (Å²) in [5, 5.41) is 17.2. The van der Waals surface area contributed by atoms with Crippen LogP contribution in [-0.4, -0.2) is 46.4 Å². The van der Waals surface area contributed by atoms with Crippen molar-refractivity contribution in [3.8, 4) is 0 Å². The predicted octanol–water partition coefficient (Wildman–Crippen LogP) is 1.91. The number of rotatable bonds is 8. The van der Waals surface area contributed by atoms with E-state index in [1.807, 2.05) is 0 Å². The van der Waals surface area contributed by atoms with Crippen molar-refractivity contribution in [3.05, 3.63) is 11.8 Å². The van der Waals surface area contributed by atoms with Crippen LogP contribution in [0.15, 0.2) is 4.42 Å². The Bertz CT molecular complexity index is 394. The summed E-state index contributed by atoms with van der Waals surface area (Å²) in [5.74, 6) is 2.95. The van der Waals surface area contributed by atoms with Gasteiger partial charge in [0.2, 0.25) is 11.8 Å². The molecule has 114 valence electrons. The minimum absolute atomic E-state index is 0.267. The van der Waals surface area contributed by atoms with Crippen molar-refractivity contribution in [2.24, 2.45) is 11.8 Å². The molecule has 0 spiro atoms. The van der Waals surface area contributed by atoms with Gasteiger partial charge in [-0.15, -0.1) is 10.2 Å². The molecule has 0 bridgehead atoms. The molecule has 20 heavy (non-hydrogen) atoms. The van der Waals surface area contributed by atoms with E-state index in [0.29, 0.717) is 5.92 Å². The molecule has 2 unspecified atom stereocenters. The van der Waals surface area contributed by atoms with Crippen LogP contribution >= 0.6 is 0 Å². The van der Waals surface area contributed by atoms with Crippen LogP contribution in [0.2, 0.25) is 0 Å². The summed E-state index contributed by atoms with van der Waals surface area (Å²) in [4.78, 5) is 2.35. The summed E-state index contributed by atoms with van der Waals surface area (Å²) in [6.45, 7) is 7.75. The van der Waals surface area contributed by atoms with E-state index < -0.39 is 0 Å². The molecule has 1 aromatic rings. The molecule has 1 aliphatic rings. The lowest BCUT2D eigenvalue weighted by Gasteiger charge is -2.19. The molecule has 0 aromatic carbocycles. The maximum atomic E-state index is 8.98. The minimum Gasteiger partial charge on any atom is -0.425 e. The number of nitrogens with zero attached hydrogens (tertiary/aromatic N) is 3. The third kappa shape index (κ3) is 4.28. The molecule has 1 N–H and O–H groups in total. The van der Waals surface area contributed by atoms with Crippen LogP contribution in [0.4, 0.5) is 0 Å². The number of hydrogen-bond donors (Lipinski definition) is 1. The highest BCUT2D eigenvalue weighted by Crippen LogP contribution is 2.27. The summed E-state index contributed by atoms with van der Waals surface area (Å²) in [6.07, 6.45) is 5.15. The first-order valence-corrected chi connectivity index (χ1v) is 7.87. The molecule has 0 saturated carbocycles. The summed E-state index contributed by atoms with van der Waals surface area (Å²) >= 11 is 0. The highest BCUT2D eigenvalue weighted by molar-refractivity contribution is 4.85. The SMILES string of the molecule is CCCc1nnc(CCC(C)C2CCN(CCO)C2)o1. The summed E-state index contributed by atoms with van der Waals surface area (Å²) in [7, 11) is 0. The molecule has 1 fully saturated rings. The van der Waals surface area contributed by atoms with Crippen molar-refractivity contribution in [2.45, 2.75) is 46.0 Å². The van der Waals surface area contributed by atoms with Crippen molar-refractivity contribution in [1.82, 2.24) is 15.1 Å². The van der Waals surface area contributed by atoms with Crippen LogP contribution in [-0.2, 0) is 12.8 Å². The Hall–Kier alpha value is -0.940. The zero-order valence-electron chi connectivity index (χ0n) is 12.7. The van der Waals surface area contributed by atoms with E-state index in [2.05, 4.69) is 28.9 Å². The Morgan fingerprint density at radius 3 is 2.80 bits per heavy atom. The molecule has 1 aliphatic heterocycles. The Kier molecular flexibility index (Phi) is 5.98. The van der Waals surface area contributed by atoms with Gasteiger partial charge in [0.15, 0.2) is 0 Å². The fourth-order valence-electron chi connectivity index (χ4n) is 2.96. The van der Waals surface area contributed by atoms with Gasteiger partial charge in [0.1, 0.15) is 0 Å². The Morgan fingerprint density at radius 2 is 2.10 bits per heavy atom. The fraction of sp³-hybridized carbons (Fsp3) is 0.867. The zero-order valence-corrected chi connectivity index (χ0v) is 12.7. The molecule has 2 heterocycles. The van der Waals surface area contributed by atoms with Crippen LogP contribution in [0.25, 0.3) is 0 Å². The van der Waals surface area contributed by atoms with E-state index in [-0.39, 0.29) is 6.61 Å². The Balaban J connectivity index is 1.73. The molecule has 0 aliphatic carbocycles. The van der Waals surface area contributed by atoms with Gasteiger partial charge in [0.05, 0.1) is 6.61 Å². The number of aryl methyl sites for hydroxylation is 2. The maximum absolute atomic E-state index is 8.98. The van der Waals surface area contributed by atoms with Gasteiger partial charge in [0.25, 0.3) is 0 Å². The first kappa shape index (κ1) is 15.4. The van der Waals surface area contributed by atoms with Crippen LogP contribution in [0, 0.1) is 11.8 Å². The molecule has 5 heteroatoms. The van der Waals surface area contributed by atoms with Crippen molar-refractivity contribution >= 4 is 0 Å². The molecular formula is C15H27N3O2. The lowest BCUT2D eigenvalue weighted by atomic mass is 9.89. The van der Waals surface area contributed by atoms with E-state index >= 15 is 0 Å². The van der Waals surface area contributed by atoms with Gasteiger partial charge in [-0.2, -0.15) is 0 Å². The highest BCUT2D eigenvalue weighted by atomic mass is 16.4. The second-order valence-corrected chi connectivity index (χ2v) is 5.93. The number of likely N-dealkylation sites (tertiary alicyclic amines) is 1. The average Bonchev–Trinajstić information content (AvgIpc) is 3.06. The molecule has 5 nitrogen and oxygen atoms in total. The van der Waals surface area contributed by atoms with Crippen LogP contribution in [0.5, 0.6) is 0 Å². The Morgan fingerprint density at radius 1 is 1.35 bits per heavy atom. The van der Waals surface area contributed by atoms with Gasteiger partial charge in [-0.25, -0.2) is 0 Å². The van der Waals surface area contributed by atoms with Crippen molar-refractivity contribution in [2.75, 3.05) is 26.2 Å². The molecular weight excluding hydrogens is 254 g/mol.